The van der Waals surface area contributed by atoms with Crippen LogP contribution in [0.25, 0.3) is 0 Å². The summed E-state index contributed by atoms with van der Waals surface area (Å²) in [6.45, 7) is 6.56. The zero-order valence-electron chi connectivity index (χ0n) is 9.96. The minimum Gasteiger partial charge on any atom is -0.316 e. The van der Waals surface area contributed by atoms with E-state index in [9.17, 15) is 0 Å². The van der Waals surface area contributed by atoms with Gasteiger partial charge in [-0.25, -0.2) is 4.98 Å². The quantitative estimate of drug-likeness (QED) is 0.822. The number of aromatic nitrogens is 1. The monoisotopic (exact) mass is 239 g/mol. The van der Waals surface area contributed by atoms with Crippen LogP contribution in [-0.4, -0.2) is 24.6 Å². The first-order valence-corrected chi connectivity index (χ1v) is 7.11. The Hall–Kier alpha value is -0.450. The lowest BCUT2D eigenvalue weighted by Crippen LogP contribution is -2.35. The third-order valence-corrected chi connectivity index (χ3v) is 4.08. The van der Waals surface area contributed by atoms with E-state index in [1.165, 1.54) is 36.6 Å². The van der Waals surface area contributed by atoms with E-state index in [0.717, 1.165) is 25.4 Å². The summed E-state index contributed by atoms with van der Waals surface area (Å²) >= 11 is 1.77. The van der Waals surface area contributed by atoms with Gasteiger partial charge in [-0.15, -0.1) is 11.3 Å². The first-order chi connectivity index (χ1) is 7.88. The van der Waals surface area contributed by atoms with Crippen LogP contribution >= 0.6 is 11.3 Å². The van der Waals surface area contributed by atoms with Crippen LogP contribution < -0.4 is 10.6 Å². The molecule has 0 aliphatic carbocycles. The van der Waals surface area contributed by atoms with Crippen molar-refractivity contribution in [2.24, 2.45) is 5.92 Å². The van der Waals surface area contributed by atoms with Crippen LogP contribution in [0, 0.1) is 5.92 Å². The van der Waals surface area contributed by atoms with Gasteiger partial charge in [-0.3, -0.25) is 0 Å². The largest absolute Gasteiger partial charge is 0.316 e. The average molecular weight is 239 g/mol. The Morgan fingerprint density at radius 3 is 3.25 bits per heavy atom. The molecule has 1 unspecified atom stereocenters. The molecule has 0 aromatic carbocycles. The molecule has 1 aliphatic rings. The lowest BCUT2D eigenvalue weighted by Gasteiger charge is -2.22. The zero-order valence-corrected chi connectivity index (χ0v) is 10.8. The Bertz CT molecular complexity index is 305. The Morgan fingerprint density at radius 2 is 2.56 bits per heavy atom. The molecule has 0 spiro atoms. The van der Waals surface area contributed by atoms with Gasteiger partial charge < -0.3 is 10.6 Å². The van der Waals surface area contributed by atoms with Gasteiger partial charge in [0.15, 0.2) is 0 Å². The highest BCUT2D eigenvalue weighted by molar-refractivity contribution is 7.09. The Morgan fingerprint density at radius 1 is 1.62 bits per heavy atom. The number of aryl methyl sites for hydroxylation is 1. The summed E-state index contributed by atoms with van der Waals surface area (Å²) in [5.74, 6) is 0.804. The first kappa shape index (κ1) is 12.0. The van der Waals surface area contributed by atoms with Crippen LogP contribution in [0.2, 0.25) is 0 Å². The molecule has 0 bridgehead atoms. The molecule has 2 heterocycles. The van der Waals surface area contributed by atoms with Crippen molar-refractivity contribution in [2.45, 2.75) is 32.7 Å². The third-order valence-electron chi connectivity index (χ3n) is 3.04. The molecule has 3 nitrogen and oxygen atoms in total. The van der Waals surface area contributed by atoms with Crippen LogP contribution in [0.1, 0.15) is 30.5 Å². The molecule has 0 radical (unpaired) electrons. The van der Waals surface area contributed by atoms with E-state index in [2.05, 4.69) is 27.9 Å². The van der Waals surface area contributed by atoms with Crippen LogP contribution in [0.5, 0.6) is 0 Å². The summed E-state index contributed by atoms with van der Waals surface area (Å²) in [5.41, 5.74) is 1.20. The summed E-state index contributed by atoms with van der Waals surface area (Å²) in [6.07, 6.45) is 3.73. The van der Waals surface area contributed by atoms with Gasteiger partial charge in [-0.05, 0) is 44.8 Å². The molecule has 0 saturated carbocycles. The smallest absolute Gasteiger partial charge is 0.0926 e. The number of hydrogen-bond donors (Lipinski definition) is 2. The fourth-order valence-corrected chi connectivity index (χ4v) is 2.84. The summed E-state index contributed by atoms with van der Waals surface area (Å²) < 4.78 is 0. The highest BCUT2D eigenvalue weighted by Gasteiger charge is 2.12. The minimum atomic E-state index is 0.804. The van der Waals surface area contributed by atoms with Crippen LogP contribution in [0.4, 0.5) is 0 Å². The van der Waals surface area contributed by atoms with Gasteiger partial charge in [0, 0.05) is 11.9 Å². The summed E-state index contributed by atoms with van der Waals surface area (Å²) in [6, 6.07) is 0. The second-order valence-corrected chi connectivity index (χ2v) is 5.37. The molecule has 1 aliphatic heterocycles. The van der Waals surface area contributed by atoms with Crippen molar-refractivity contribution in [1.82, 2.24) is 15.6 Å². The third kappa shape index (κ3) is 3.54. The van der Waals surface area contributed by atoms with Crippen LogP contribution in [0.3, 0.4) is 0 Å². The van der Waals surface area contributed by atoms with Gasteiger partial charge in [0.05, 0.1) is 10.7 Å². The van der Waals surface area contributed by atoms with Crippen molar-refractivity contribution in [1.29, 1.82) is 0 Å². The lowest BCUT2D eigenvalue weighted by atomic mass is 10.00. The predicted octanol–water partition coefficient (Wildman–Crippen LogP) is 1.79. The van der Waals surface area contributed by atoms with E-state index in [1.807, 2.05) is 0 Å². The standard InChI is InChI=1S/C12H21N3S/c1-2-12-15-11(9-16-12)8-14-7-10-4-3-5-13-6-10/h9-10,13-14H,2-8H2,1H3. The van der Waals surface area contributed by atoms with Crippen LogP contribution in [0.15, 0.2) is 5.38 Å². The van der Waals surface area contributed by atoms with Crippen molar-refractivity contribution in [3.8, 4) is 0 Å². The van der Waals surface area contributed by atoms with Gasteiger partial charge >= 0.3 is 0 Å². The molecule has 1 aromatic rings. The second kappa shape index (κ2) is 6.33. The molecule has 1 atom stereocenters. The van der Waals surface area contributed by atoms with Crippen molar-refractivity contribution in [3.63, 3.8) is 0 Å². The van der Waals surface area contributed by atoms with Gasteiger partial charge in [0.2, 0.25) is 0 Å². The van der Waals surface area contributed by atoms with E-state index in [-0.39, 0.29) is 0 Å². The summed E-state index contributed by atoms with van der Waals surface area (Å²) in [4.78, 5) is 4.55. The van der Waals surface area contributed by atoms with Crippen molar-refractivity contribution in [3.05, 3.63) is 16.1 Å². The Balaban J connectivity index is 1.66. The number of piperidine rings is 1. The Labute approximate surface area is 102 Å². The molecular weight excluding hydrogens is 218 g/mol. The van der Waals surface area contributed by atoms with Gasteiger partial charge in [-0.1, -0.05) is 6.92 Å². The first-order valence-electron chi connectivity index (χ1n) is 6.23. The van der Waals surface area contributed by atoms with Gasteiger partial charge in [0.25, 0.3) is 0 Å². The normalized spacial score (nSPS) is 21.2. The van der Waals surface area contributed by atoms with E-state index in [1.54, 1.807) is 11.3 Å². The molecule has 90 valence electrons. The fourth-order valence-electron chi connectivity index (χ4n) is 2.10. The highest BCUT2D eigenvalue weighted by Crippen LogP contribution is 2.11. The highest BCUT2D eigenvalue weighted by atomic mass is 32.1. The summed E-state index contributed by atoms with van der Waals surface area (Å²) in [5, 5.41) is 10.4. The molecule has 1 saturated heterocycles. The average Bonchev–Trinajstić information content (AvgIpc) is 2.78. The molecule has 0 amide bonds. The molecule has 4 heteroatoms. The number of hydrogen-bond acceptors (Lipinski definition) is 4. The predicted molar refractivity (Wildman–Crippen MR) is 68.8 cm³/mol. The fraction of sp³-hybridized carbons (Fsp3) is 0.750. The maximum Gasteiger partial charge on any atom is 0.0926 e. The second-order valence-electron chi connectivity index (χ2n) is 4.43. The number of nitrogens with zero attached hydrogens (tertiary/aromatic N) is 1. The number of thiazole rings is 1. The zero-order chi connectivity index (χ0) is 11.2. The molecule has 2 rings (SSSR count). The number of rotatable bonds is 5. The van der Waals surface area contributed by atoms with Gasteiger partial charge in [0.1, 0.15) is 0 Å². The van der Waals surface area contributed by atoms with Crippen molar-refractivity contribution >= 4 is 11.3 Å². The van der Waals surface area contributed by atoms with E-state index >= 15 is 0 Å². The van der Waals surface area contributed by atoms with E-state index < -0.39 is 0 Å². The van der Waals surface area contributed by atoms with Gasteiger partial charge in [-0.2, -0.15) is 0 Å². The van der Waals surface area contributed by atoms with E-state index in [4.69, 9.17) is 0 Å². The summed E-state index contributed by atoms with van der Waals surface area (Å²) in [7, 11) is 0. The maximum atomic E-state index is 4.55. The maximum absolute atomic E-state index is 4.55. The molecule has 2 N–H and O–H groups in total. The van der Waals surface area contributed by atoms with E-state index in [0.29, 0.717) is 0 Å². The molecular formula is C12H21N3S. The van der Waals surface area contributed by atoms with Crippen molar-refractivity contribution < 1.29 is 0 Å². The molecule has 16 heavy (non-hydrogen) atoms. The Kier molecular flexibility index (Phi) is 4.75. The SMILES string of the molecule is CCc1nc(CNCC2CCCNC2)cs1. The molecule has 1 aromatic heterocycles. The van der Waals surface area contributed by atoms with Crippen LogP contribution in [-0.2, 0) is 13.0 Å². The molecule has 1 fully saturated rings. The van der Waals surface area contributed by atoms with Crippen molar-refractivity contribution in [2.75, 3.05) is 19.6 Å². The minimum absolute atomic E-state index is 0.804. The number of nitrogens with one attached hydrogen (secondary N) is 2. The topological polar surface area (TPSA) is 37.0 Å². The lowest BCUT2D eigenvalue weighted by molar-refractivity contribution is 0.359.